The second-order valence-corrected chi connectivity index (χ2v) is 5.03. The van der Waals surface area contributed by atoms with Gasteiger partial charge in [0.15, 0.2) is 0 Å². The molecule has 0 N–H and O–H groups in total. The maximum Gasteiger partial charge on any atom is 0.306 e. The first-order chi connectivity index (χ1) is 7.75. The number of hydrogen-bond donors (Lipinski definition) is 0. The summed E-state index contributed by atoms with van der Waals surface area (Å²) in [4.78, 5) is 25.1. The van der Waals surface area contributed by atoms with Crippen LogP contribution in [0.4, 0.5) is 0 Å². The van der Waals surface area contributed by atoms with Gasteiger partial charge in [-0.25, -0.2) is 0 Å². The highest BCUT2D eigenvalue weighted by atomic mass is 16.5. The summed E-state index contributed by atoms with van der Waals surface area (Å²) in [7, 11) is 0. The van der Waals surface area contributed by atoms with Gasteiger partial charge in [0.05, 0.1) is 12.5 Å². The van der Waals surface area contributed by atoms with E-state index in [4.69, 9.17) is 4.74 Å². The third-order valence-corrected chi connectivity index (χ3v) is 2.31. The van der Waals surface area contributed by atoms with Crippen LogP contribution in [-0.4, -0.2) is 35.0 Å². The summed E-state index contributed by atoms with van der Waals surface area (Å²) >= 11 is 0. The first-order valence-electron chi connectivity index (χ1n) is 6.26. The summed E-state index contributed by atoms with van der Waals surface area (Å²) in [6, 6.07) is 0.312. The molecule has 1 amide bonds. The highest BCUT2D eigenvalue weighted by Crippen LogP contribution is 2.09. The Hall–Kier alpha value is -1.06. The van der Waals surface area contributed by atoms with Gasteiger partial charge in [0.2, 0.25) is 5.91 Å². The molecule has 0 aliphatic rings. The lowest BCUT2D eigenvalue weighted by atomic mass is 10.2. The van der Waals surface area contributed by atoms with Crippen molar-refractivity contribution in [2.75, 3.05) is 0 Å². The Morgan fingerprint density at radius 3 is 1.76 bits per heavy atom. The fourth-order valence-corrected chi connectivity index (χ4v) is 1.83. The Morgan fingerprint density at radius 2 is 1.41 bits per heavy atom. The Kier molecular flexibility index (Phi) is 6.85. The highest BCUT2D eigenvalue weighted by molar-refractivity contribution is 5.81. The summed E-state index contributed by atoms with van der Waals surface area (Å²) in [5.41, 5.74) is 0. The number of amides is 1. The van der Waals surface area contributed by atoms with E-state index in [2.05, 4.69) is 0 Å². The molecule has 0 radical (unpaired) electrons. The van der Waals surface area contributed by atoms with Crippen molar-refractivity contribution in [1.82, 2.24) is 4.90 Å². The molecule has 0 rings (SSSR count). The molecule has 4 heteroatoms. The van der Waals surface area contributed by atoms with Crippen LogP contribution in [0.5, 0.6) is 0 Å². The normalized spacial score (nSPS) is 11.1. The van der Waals surface area contributed by atoms with Crippen LogP contribution in [0.3, 0.4) is 0 Å². The standard InChI is InChI=1S/C13H25NO3/c1-9(2)14(10(3)4)12(15)7-8-13(16)17-11(5)6/h9-11H,7-8H2,1-6H3. The summed E-state index contributed by atoms with van der Waals surface area (Å²) in [6.07, 6.45) is 0.262. The van der Waals surface area contributed by atoms with Gasteiger partial charge in [-0.1, -0.05) is 0 Å². The zero-order valence-corrected chi connectivity index (χ0v) is 11.8. The molecule has 0 spiro atoms. The number of nitrogens with zero attached hydrogens (tertiary/aromatic N) is 1. The maximum absolute atomic E-state index is 11.9. The fourth-order valence-electron chi connectivity index (χ4n) is 1.83. The van der Waals surface area contributed by atoms with Gasteiger partial charge in [0.25, 0.3) is 0 Å². The molecule has 4 nitrogen and oxygen atoms in total. The average molecular weight is 243 g/mol. The van der Waals surface area contributed by atoms with Crippen LogP contribution < -0.4 is 0 Å². The molecule has 0 fully saturated rings. The van der Waals surface area contributed by atoms with Crippen molar-refractivity contribution in [3.63, 3.8) is 0 Å². The Balaban J connectivity index is 4.20. The van der Waals surface area contributed by atoms with Crippen molar-refractivity contribution >= 4 is 11.9 Å². The number of carbonyl (C=O) groups is 2. The molecule has 0 atom stereocenters. The van der Waals surface area contributed by atoms with Gasteiger partial charge in [0.1, 0.15) is 0 Å². The van der Waals surface area contributed by atoms with Gasteiger partial charge in [-0.2, -0.15) is 0 Å². The van der Waals surface area contributed by atoms with Crippen LogP contribution >= 0.6 is 0 Å². The van der Waals surface area contributed by atoms with Crippen molar-refractivity contribution in [2.24, 2.45) is 0 Å². The molecule has 0 bridgehead atoms. The van der Waals surface area contributed by atoms with Crippen molar-refractivity contribution < 1.29 is 14.3 Å². The van der Waals surface area contributed by atoms with Crippen molar-refractivity contribution in [3.05, 3.63) is 0 Å². The zero-order chi connectivity index (χ0) is 13.6. The average Bonchev–Trinajstić information content (AvgIpc) is 2.12. The molecule has 0 saturated heterocycles. The van der Waals surface area contributed by atoms with E-state index in [1.807, 2.05) is 27.7 Å². The van der Waals surface area contributed by atoms with Crippen LogP contribution in [0.15, 0.2) is 0 Å². The molecule has 0 aromatic carbocycles. The number of hydrogen-bond acceptors (Lipinski definition) is 3. The minimum atomic E-state index is -0.305. The van der Waals surface area contributed by atoms with Gasteiger partial charge in [-0.05, 0) is 41.5 Å². The van der Waals surface area contributed by atoms with Crippen LogP contribution in [0.1, 0.15) is 54.4 Å². The minimum Gasteiger partial charge on any atom is -0.463 e. The highest BCUT2D eigenvalue weighted by Gasteiger charge is 2.20. The molecule has 100 valence electrons. The predicted molar refractivity (Wildman–Crippen MR) is 67.6 cm³/mol. The van der Waals surface area contributed by atoms with Crippen LogP contribution in [0.25, 0.3) is 0 Å². The monoisotopic (exact) mass is 243 g/mol. The smallest absolute Gasteiger partial charge is 0.306 e. The van der Waals surface area contributed by atoms with Crippen molar-refractivity contribution in [2.45, 2.75) is 72.6 Å². The summed E-state index contributed by atoms with van der Waals surface area (Å²) in [6.45, 7) is 11.5. The van der Waals surface area contributed by atoms with Gasteiger partial charge in [-0.3, -0.25) is 9.59 Å². The van der Waals surface area contributed by atoms with E-state index in [1.54, 1.807) is 18.7 Å². The van der Waals surface area contributed by atoms with Crippen molar-refractivity contribution in [1.29, 1.82) is 0 Å². The molecule has 0 saturated carbocycles. The van der Waals surface area contributed by atoms with Gasteiger partial charge in [0, 0.05) is 18.5 Å². The topological polar surface area (TPSA) is 46.6 Å². The van der Waals surface area contributed by atoms with Crippen LogP contribution in [-0.2, 0) is 14.3 Å². The molecule has 0 aliphatic heterocycles. The van der Waals surface area contributed by atoms with Crippen LogP contribution in [0.2, 0.25) is 0 Å². The lowest BCUT2D eigenvalue weighted by Crippen LogP contribution is -2.42. The summed E-state index contributed by atoms with van der Waals surface area (Å²) < 4.78 is 4.99. The first-order valence-corrected chi connectivity index (χ1v) is 6.26. The maximum atomic E-state index is 11.9. The fraction of sp³-hybridized carbons (Fsp3) is 0.846. The molecule has 0 aliphatic carbocycles. The summed E-state index contributed by atoms with van der Waals surface area (Å²) in [5, 5.41) is 0. The van der Waals surface area contributed by atoms with E-state index in [0.29, 0.717) is 0 Å². The number of ether oxygens (including phenoxy) is 1. The number of esters is 1. The van der Waals surface area contributed by atoms with Crippen LogP contribution in [0, 0.1) is 0 Å². The zero-order valence-electron chi connectivity index (χ0n) is 11.8. The summed E-state index contributed by atoms with van der Waals surface area (Å²) in [5.74, 6) is -0.295. The second kappa shape index (κ2) is 7.30. The van der Waals surface area contributed by atoms with Crippen molar-refractivity contribution in [3.8, 4) is 0 Å². The molecule has 0 aromatic rings. The largest absolute Gasteiger partial charge is 0.463 e. The molecule has 0 aromatic heterocycles. The third-order valence-electron chi connectivity index (χ3n) is 2.31. The Labute approximate surface area is 104 Å². The molecular formula is C13H25NO3. The SMILES string of the molecule is CC(C)OC(=O)CCC(=O)N(C(C)C)C(C)C. The lowest BCUT2D eigenvalue weighted by molar-refractivity contribution is -0.150. The predicted octanol–water partition coefficient (Wildman–Crippen LogP) is 2.36. The Morgan fingerprint density at radius 1 is 0.941 bits per heavy atom. The van der Waals surface area contributed by atoms with E-state index in [1.165, 1.54) is 0 Å². The van der Waals surface area contributed by atoms with E-state index in [0.717, 1.165) is 0 Å². The van der Waals surface area contributed by atoms with E-state index in [-0.39, 0.29) is 42.9 Å². The van der Waals surface area contributed by atoms with Gasteiger partial charge < -0.3 is 9.64 Å². The molecule has 0 heterocycles. The molecule has 17 heavy (non-hydrogen) atoms. The quantitative estimate of drug-likeness (QED) is 0.673. The minimum absolute atomic E-state index is 0.00991. The number of carbonyl (C=O) groups excluding carboxylic acids is 2. The lowest BCUT2D eigenvalue weighted by Gasteiger charge is -2.30. The van der Waals surface area contributed by atoms with E-state index >= 15 is 0 Å². The van der Waals surface area contributed by atoms with E-state index < -0.39 is 0 Å². The molecule has 0 unspecified atom stereocenters. The number of rotatable bonds is 6. The molecular weight excluding hydrogens is 218 g/mol. The first kappa shape index (κ1) is 15.9. The van der Waals surface area contributed by atoms with E-state index in [9.17, 15) is 9.59 Å². The van der Waals surface area contributed by atoms with Gasteiger partial charge in [-0.15, -0.1) is 0 Å². The second-order valence-electron chi connectivity index (χ2n) is 5.03. The van der Waals surface area contributed by atoms with Gasteiger partial charge >= 0.3 is 5.97 Å². The Bertz CT molecular complexity index is 251. The third kappa shape index (κ3) is 6.29.